The molecule has 0 aromatic rings. The molecule has 0 fully saturated rings. The first kappa shape index (κ1) is 9.10. The summed E-state index contributed by atoms with van der Waals surface area (Å²) in [6.45, 7) is 2.64. The Bertz CT molecular complexity index is 197. The van der Waals surface area contributed by atoms with Crippen molar-refractivity contribution in [2.75, 3.05) is 6.61 Å². The average Bonchev–Trinajstić information content (AvgIpc) is 2.30. The van der Waals surface area contributed by atoms with E-state index in [4.69, 9.17) is 9.94 Å². The number of oxime groups is 1. The van der Waals surface area contributed by atoms with E-state index < -0.39 is 0 Å². The van der Waals surface area contributed by atoms with E-state index in [0.29, 0.717) is 6.61 Å². The minimum Gasteiger partial charge on any atom is -0.498 e. The summed E-state index contributed by atoms with van der Waals surface area (Å²) in [6, 6.07) is 0. The molecule has 3 nitrogen and oxygen atoms in total. The van der Waals surface area contributed by atoms with Gasteiger partial charge in [0.1, 0.15) is 0 Å². The largest absolute Gasteiger partial charge is 0.498 e. The van der Waals surface area contributed by atoms with Gasteiger partial charge >= 0.3 is 0 Å². The van der Waals surface area contributed by atoms with E-state index in [1.165, 1.54) is 0 Å². The van der Waals surface area contributed by atoms with Crippen molar-refractivity contribution in [2.45, 2.75) is 32.6 Å². The zero-order valence-electron chi connectivity index (χ0n) is 7.42. The molecule has 0 bridgehead atoms. The second kappa shape index (κ2) is 4.80. The normalized spacial score (nSPS) is 21.8. The Balaban J connectivity index is 2.62. The third-order valence-corrected chi connectivity index (χ3v) is 1.89. The van der Waals surface area contributed by atoms with E-state index in [9.17, 15) is 0 Å². The van der Waals surface area contributed by atoms with Crippen LogP contribution < -0.4 is 0 Å². The molecule has 0 radical (unpaired) electrons. The minimum atomic E-state index is 0.685. The van der Waals surface area contributed by atoms with Crippen molar-refractivity contribution in [1.29, 1.82) is 0 Å². The molecule has 3 heteroatoms. The molecule has 68 valence electrons. The maximum absolute atomic E-state index is 8.59. The zero-order valence-corrected chi connectivity index (χ0v) is 7.42. The Morgan fingerprint density at radius 3 is 2.92 bits per heavy atom. The minimum absolute atomic E-state index is 0.685. The highest BCUT2D eigenvalue weighted by Crippen LogP contribution is 2.16. The highest BCUT2D eigenvalue weighted by molar-refractivity contribution is 5.95. The molecule has 1 N–H and O–H groups in total. The number of hydrogen-bond donors (Lipinski definition) is 1. The highest BCUT2D eigenvalue weighted by atomic mass is 16.5. The molecule has 0 saturated carbocycles. The van der Waals surface area contributed by atoms with E-state index in [1.54, 1.807) is 0 Å². The summed E-state index contributed by atoms with van der Waals surface area (Å²) < 4.78 is 5.36. The lowest BCUT2D eigenvalue weighted by atomic mass is 10.2. The maximum atomic E-state index is 8.59. The van der Waals surface area contributed by atoms with Crippen LogP contribution in [0.5, 0.6) is 0 Å². The average molecular weight is 169 g/mol. The predicted octanol–water partition coefficient (Wildman–Crippen LogP) is 2.31. The first-order chi connectivity index (χ1) is 5.86. The predicted molar refractivity (Wildman–Crippen MR) is 47.4 cm³/mol. The maximum Gasteiger partial charge on any atom is 0.0978 e. The molecule has 1 aliphatic rings. The Hall–Kier alpha value is -0.990. The zero-order chi connectivity index (χ0) is 8.81. The first-order valence-electron chi connectivity index (χ1n) is 4.41. The van der Waals surface area contributed by atoms with Crippen molar-refractivity contribution in [3.8, 4) is 0 Å². The van der Waals surface area contributed by atoms with Crippen molar-refractivity contribution in [3.63, 3.8) is 0 Å². The molecule has 0 saturated heterocycles. The summed E-state index contributed by atoms with van der Waals surface area (Å²) in [7, 11) is 0. The fraction of sp³-hybridized carbons (Fsp3) is 0.667. The Morgan fingerprint density at radius 2 is 2.25 bits per heavy atom. The molecule has 0 spiro atoms. The molecule has 0 aliphatic heterocycles. The fourth-order valence-electron chi connectivity index (χ4n) is 1.31. The van der Waals surface area contributed by atoms with Gasteiger partial charge in [-0.2, -0.15) is 0 Å². The van der Waals surface area contributed by atoms with E-state index in [0.717, 1.165) is 37.2 Å². The van der Waals surface area contributed by atoms with Gasteiger partial charge in [0.25, 0.3) is 0 Å². The van der Waals surface area contributed by atoms with Gasteiger partial charge in [-0.05, 0) is 26.2 Å². The van der Waals surface area contributed by atoms with Crippen LogP contribution in [0.2, 0.25) is 0 Å². The van der Waals surface area contributed by atoms with Crippen LogP contribution in [0.4, 0.5) is 0 Å². The summed E-state index contributed by atoms with van der Waals surface area (Å²) in [4.78, 5) is 0. The molecule has 0 amide bonds. The highest BCUT2D eigenvalue weighted by Gasteiger charge is 2.07. The van der Waals surface area contributed by atoms with Gasteiger partial charge in [-0.3, -0.25) is 0 Å². The van der Waals surface area contributed by atoms with Gasteiger partial charge in [0.05, 0.1) is 18.1 Å². The molecule has 0 atom stereocenters. The number of nitrogens with zero attached hydrogens (tertiary/aromatic N) is 1. The monoisotopic (exact) mass is 169 g/mol. The standard InChI is InChI=1S/C9H15NO2/c1-2-12-9-6-4-3-5-8(7-9)10-11/h7,11H,2-6H2,1H3. The number of allylic oxidation sites excluding steroid dienone is 2. The quantitative estimate of drug-likeness (QED) is 0.509. The molecule has 0 unspecified atom stereocenters. The van der Waals surface area contributed by atoms with Gasteiger partial charge < -0.3 is 9.94 Å². The summed E-state index contributed by atoms with van der Waals surface area (Å²) >= 11 is 0. The lowest BCUT2D eigenvalue weighted by molar-refractivity contribution is 0.218. The van der Waals surface area contributed by atoms with Gasteiger partial charge in [-0.15, -0.1) is 0 Å². The summed E-state index contributed by atoms with van der Waals surface area (Å²) in [6.07, 6.45) is 5.85. The lowest BCUT2D eigenvalue weighted by Crippen LogP contribution is -1.95. The van der Waals surface area contributed by atoms with Crippen LogP contribution >= 0.6 is 0 Å². The van der Waals surface area contributed by atoms with E-state index in [2.05, 4.69) is 5.16 Å². The van der Waals surface area contributed by atoms with Crippen LogP contribution in [-0.4, -0.2) is 17.5 Å². The van der Waals surface area contributed by atoms with Crippen molar-refractivity contribution in [3.05, 3.63) is 11.8 Å². The number of rotatable bonds is 2. The van der Waals surface area contributed by atoms with Crippen LogP contribution in [0, 0.1) is 0 Å². The molecular weight excluding hydrogens is 154 g/mol. The second-order valence-corrected chi connectivity index (χ2v) is 2.84. The van der Waals surface area contributed by atoms with Crippen molar-refractivity contribution < 1.29 is 9.94 Å². The molecule has 0 aromatic carbocycles. The van der Waals surface area contributed by atoms with Crippen LogP contribution in [-0.2, 0) is 4.74 Å². The Labute approximate surface area is 72.7 Å². The fourth-order valence-corrected chi connectivity index (χ4v) is 1.31. The van der Waals surface area contributed by atoms with Crippen LogP contribution in [0.15, 0.2) is 17.0 Å². The molecule has 0 aromatic heterocycles. The van der Waals surface area contributed by atoms with Crippen LogP contribution in [0.25, 0.3) is 0 Å². The number of hydrogen-bond acceptors (Lipinski definition) is 3. The summed E-state index contributed by atoms with van der Waals surface area (Å²) in [5, 5.41) is 11.8. The molecule has 1 rings (SSSR count). The molecule has 0 heterocycles. The number of ether oxygens (including phenoxy) is 1. The lowest BCUT2D eigenvalue weighted by Gasteiger charge is -2.04. The second-order valence-electron chi connectivity index (χ2n) is 2.84. The molecular formula is C9H15NO2. The first-order valence-corrected chi connectivity index (χ1v) is 4.41. The van der Waals surface area contributed by atoms with Crippen molar-refractivity contribution in [2.24, 2.45) is 5.16 Å². The summed E-state index contributed by atoms with van der Waals surface area (Å²) in [5.74, 6) is 0.947. The van der Waals surface area contributed by atoms with Gasteiger partial charge in [0, 0.05) is 12.5 Å². The SMILES string of the molecule is CCOC1=CC(=NO)CCCC1. The van der Waals surface area contributed by atoms with Gasteiger partial charge in [-0.1, -0.05) is 5.16 Å². The molecule has 12 heavy (non-hydrogen) atoms. The summed E-state index contributed by atoms with van der Waals surface area (Å²) in [5.41, 5.74) is 0.732. The van der Waals surface area contributed by atoms with E-state index >= 15 is 0 Å². The Kier molecular flexibility index (Phi) is 3.64. The van der Waals surface area contributed by atoms with Crippen LogP contribution in [0.3, 0.4) is 0 Å². The third kappa shape index (κ3) is 2.57. The topological polar surface area (TPSA) is 41.8 Å². The van der Waals surface area contributed by atoms with Gasteiger partial charge in [0.15, 0.2) is 0 Å². The molecule has 1 aliphatic carbocycles. The van der Waals surface area contributed by atoms with Crippen LogP contribution in [0.1, 0.15) is 32.6 Å². The van der Waals surface area contributed by atoms with E-state index in [-0.39, 0.29) is 0 Å². The van der Waals surface area contributed by atoms with Crippen molar-refractivity contribution >= 4 is 5.71 Å². The smallest absolute Gasteiger partial charge is 0.0978 e. The van der Waals surface area contributed by atoms with Gasteiger partial charge in [0.2, 0.25) is 0 Å². The van der Waals surface area contributed by atoms with Gasteiger partial charge in [-0.25, -0.2) is 0 Å². The third-order valence-electron chi connectivity index (χ3n) is 1.89. The van der Waals surface area contributed by atoms with E-state index in [1.807, 2.05) is 13.0 Å². The van der Waals surface area contributed by atoms with Crippen molar-refractivity contribution in [1.82, 2.24) is 0 Å². The Morgan fingerprint density at radius 1 is 1.50 bits per heavy atom.